The van der Waals surface area contributed by atoms with Gasteiger partial charge in [-0.15, -0.1) is 0 Å². The van der Waals surface area contributed by atoms with Crippen molar-refractivity contribution in [1.29, 1.82) is 0 Å². The molecular weight excluding hydrogens is 300 g/mol. The van der Waals surface area contributed by atoms with Crippen molar-refractivity contribution < 1.29 is 9.53 Å². The number of hydrogen-bond acceptors (Lipinski definition) is 3. The lowest BCUT2D eigenvalue weighted by molar-refractivity contribution is -0.136. The van der Waals surface area contributed by atoms with Gasteiger partial charge in [0.15, 0.2) is 0 Å². The van der Waals surface area contributed by atoms with E-state index in [1.54, 1.807) is 7.11 Å². The summed E-state index contributed by atoms with van der Waals surface area (Å²) in [7, 11) is 1.56. The second-order valence-electron chi connectivity index (χ2n) is 6.39. The molecule has 1 unspecified atom stereocenters. The number of ether oxygens (including phenoxy) is 1. The lowest BCUT2D eigenvalue weighted by Gasteiger charge is -2.24. The van der Waals surface area contributed by atoms with E-state index in [4.69, 9.17) is 9.72 Å². The van der Waals surface area contributed by atoms with Crippen molar-refractivity contribution in [2.24, 2.45) is 0 Å². The van der Waals surface area contributed by atoms with Gasteiger partial charge in [-0.05, 0) is 37.5 Å². The summed E-state index contributed by atoms with van der Waals surface area (Å²) >= 11 is 0. The van der Waals surface area contributed by atoms with Crippen LogP contribution in [0.2, 0.25) is 0 Å². The van der Waals surface area contributed by atoms with Gasteiger partial charge in [0.05, 0.1) is 11.7 Å². The molecule has 1 aromatic heterocycles. The number of carbonyl (C=O) groups excluding carboxylic acids is 1. The van der Waals surface area contributed by atoms with E-state index in [1.165, 1.54) is 11.1 Å². The molecule has 0 saturated carbocycles. The number of methoxy groups -OCH3 is 1. The van der Waals surface area contributed by atoms with Crippen LogP contribution < -0.4 is 0 Å². The molecule has 3 rings (SSSR count). The molecule has 2 aromatic rings. The zero-order valence-electron chi connectivity index (χ0n) is 14.4. The second kappa shape index (κ2) is 7.58. The van der Waals surface area contributed by atoms with Crippen LogP contribution in [0.4, 0.5) is 0 Å². The average molecular weight is 324 g/mol. The molecule has 126 valence electrons. The molecule has 1 atom stereocenters. The SMILES string of the molecule is COCC(=O)N1CCCC1c1cccc(Cc2ccc(C)cc2)n1. The number of pyridine rings is 1. The quantitative estimate of drug-likeness (QED) is 0.847. The van der Waals surface area contributed by atoms with Crippen molar-refractivity contribution in [3.05, 3.63) is 65.0 Å². The lowest BCUT2D eigenvalue weighted by atomic mass is 10.1. The van der Waals surface area contributed by atoms with Crippen molar-refractivity contribution in [2.75, 3.05) is 20.3 Å². The van der Waals surface area contributed by atoms with Gasteiger partial charge in [0.25, 0.3) is 0 Å². The first-order valence-corrected chi connectivity index (χ1v) is 8.47. The van der Waals surface area contributed by atoms with Gasteiger partial charge in [-0.3, -0.25) is 9.78 Å². The number of aromatic nitrogens is 1. The molecule has 2 heterocycles. The Labute approximate surface area is 143 Å². The van der Waals surface area contributed by atoms with Crippen LogP contribution in [0.5, 0.6) is 0 Å². The number of benzene rings is 1. The van der Waals surface area contributed by atoms with Crippen LogP contribution in [0.3, 0.4) is 0 Å². The van der Waals surface area contributed by atoms with Crippen LogP contribution in [0.25, 0.3) is 0 Å². The fourth-order valence-electron chi connectivity index (χ4n) is 3.28. The highest BCUT2D eigenvalue weighted by Crippen LogP contribution is 2.31. The second-order valence-corrected chi connectivity index (χ2v) is 6.39. The van der Waals surface area contributed by atoms with Crippen LogP contribution in [0, 0.1) is 6.92 Å². The maximum absolute atomic E-state index is 12.2. The van der Waals surface area contributed by atoms with Gasteiger partial charge in [0.1, 0.15) is 6.61 Å². The molecule has 0 aliphatic carbocycles. The summed E-state index contributed by atoms with van der Waals surface area (Å²) in [5.41, 5.74) is 4.55. The zero-order chi connectivity index (χ0) is 16.9. The summed E-state index contributed by atoms with van der Waals surface area (Å²) in [6.45, 7) is 3.02. The molecule has 0 N–H and O–H groups in total. The number of carbonyl (C=O) groups is 1. The maximum Gasteiger partial charge on any atom is 0.249 e. The summed E-state index contributed by atoms with van der Waals surface area (Å²) in [4.78, 5) is 18.9. The molecule has 0 radical (unpaired) electrons. The molecule has 1 aromatic carbocycles. The highest BCUT2D eigenvalue weighted by atomic mass is 16.5. The molecule has 1 aliphatic rings. The number of nitrogens with zero attached hydrogens (tertiary/aromatic N) is 2. The Hall–Kier alpha value is -2.20. The summed E-state index contributed by atoms with van der Waals surface area (Å²) < 4.78 is 5.00. The van der Waals surface area contributed by atoms with E-state index in [-0.39, 0.29) is 18.6 Å². The van der Waals surface area contributed by atoms with E-state index in [9.17, 15) is 4.79 Å². The van der Waals surface area contributed by atoms with E-state index in [0.29, 0.717) is 0 Å². The van der Waals surface area contributed by atoms with Gasteiger partial charge >= 0.3 is 0 Å². The molecule has 24 heavy (non-hydrogen) atoms. The van der Waals surface area contributed by atoms with Crippen LogP contribution in [0.15, 0.2) is 42.5 Å². The van der Waals surface area contributed by atoms with Gasteiger partial charge in [-0.1, -0.05) is 35.9 Å². The molecule has 0 bridgehead atoms. The molecular formula is C20H24N2O2. The Morgan fingerprint density at radius 1 is 1.25 bits per heavy atom. The summed E-state index contributed by atoms with van der Waals surface area (Å²) in [6.07, 6.45) is 2.80. The first-order valence-electron chi connectivity index (χ1n) is 8.47. The zero-order valence-corrected chi connectivity index (χ0v) is 14.4. The summed E-state index contributed by atoms with van der Waals surface area (Å²) in [6, 6.07) is 14.7. The lowest BCUT2D eigenvalue weighted by Crippen LogP contribution is -2.33. The van der Waals surface area contributed by atoms with Crippen molar-refractivity contribution in [2.45, 2.75) is 32.2 Å². The minimum Gasteiger partial charge on any atom is -0.375 e. The highest BCUT2D eigenvalue weighted by molar-refractivity contribution is 5.78. The van der Waals surface area contributed by atoms with Crippen LogP contribution >= 0.6 is 0 Å². The van der Waals surface area contributed by atoms with E-state index in [1.807, 2.05) is 17.0 Å². The first-order chi connectivity index (χ1) is 11.7. The molecule has 4 nitrogen and oxygen atoms in total. The Bertz CT molecular complexity index is 697. The topological polar surface area (TPSA) is 42.4 Å². The Kier molecular flexibility index (Phi) is 5.26. The number of amides is 1. The molecule has 1 saturated heterocycles. The van der Waals surface area contributed by atoms with E-state index < -0.39 is 0 Å². The third-order valence-corrected chi connectivity index (χ3v) is 4.52. The highest BCUT2D eigenvalue weighted by Gasteiger charge is 2.30. The van der Waals surface area contributed by atoms with Gasteiger partial charge < -0.3 is 9.64 Å². The van der Waals surface area contributed by atoms with E-state index in [2.05, 4.69) is 37.3 Å². The minimum atomic E-state index is 0.0470. The largest absolute Gasteiger partial charge is 0.375 e. The first kappa shape index (κ1) is 16.7. The van der Waals surface area contributed by atoms with E-state index in [0.717, 1.165) is 37.2 Å². The fourth-order valence-corrected chi connectivity index (χ4v) is 3.28. The third kappa shape index (κ3) is 3.82. The Morgan fingerprint density at radius 2 is 2.04 bits per heavy atom. The van der Waals surface area contributed by atoms with Crippen LogP contribution in [0.1, 0.15) is 41.4 Å². The molecule has 0 spiro atoms. The molecule has 1 amide bonds. The smallest absolute Gasteiger partial charge is 0.249 e. The van der Waals surface area contributed by atoms with E-state index >= 15 is 0 Å². The van der Waals surface area contributed by atoms with Crippen LogP contribution in [-0.4, -0.2) is 36.1 Å². The number of hydrogen-bond donors (Lipinski definition) is 0. The number of aryl methyl sites for hydroxylation is 1. The van der Waals surface area contributed by atoms with Crippen molar-refractivity contribution in [3.63, 3.8) is 0 Å². The fraction of sp³-hybridized carbons (Fsp3) is 0.400. The van der Waals surface area contributed by atoms with Crippen LogP contribution in [-0.2, 0) is 16.0 Å². The molecule has 1 aliphatic heterocycles. The Balaban J connectivity index is 1.77. The van der Waals surface area contributed by atoms with Crippen molar-refractivity contribution >= 4 is 5.91 Å². The normalized spacial score (nSPS) is 17.2. The van der Waals surface area contributed by atoms with Gasteiger partial charge in [-0.2, -0.15) is 0 Å². The summed E-state index contributed by atoms with van der Waals surface area (Å²) in [5, 5.41) is 0. The third-order valence-electron chi connectivity index (χ3n) is 4.52. The van der Waals surface area contributed by atoms with Crippen molar-refractivity contribution in [3.8, 4) is 0 Å². The van der Waals surface area contributed by atoms with Gasteiger partial charge in [-0.25, -0.2) is 0 Å². The predicted octanol–water partition coefficient (Wildman–Crippen LogP) is 3.29. The average Bonchev–Trinajstić information content (AvgIpc) is 3.07. The number of rotatable bonds is 5. The Morgan fingerprint density at radius 3 is 2.79 bits per heavy atom. The minimum absolute atomic E-state index is 0.0470. The summed E-state index contributed by atoms with van der Waals surface area (Å²) in [5.74, 6) is 0.0470. The molecule has 1 fully saturated rings. The van der Waals surface area contributed by atoms with Gasteiger partial charge in [0, 0.05) is 25.8 Å². The maximum atomic E-state index is 12.2. The number of likely N-dealkylation sites (tertiary alicyclic amines) is 1. The molecule has 4 heteroatoms. The van der Waals surface area contributed by atoms with Gasteiger partial charge in [0.2, 0.25) is 5.91 Å². The predicted molar refractivity (Wildman–Crippen MR) is 93.8 cm³/mol. The monoisotopic (exact) mass is 324 g/mol. The van der Waals surface area contributed by atoms with Crippen molar-refractivity contribution in [1.82, 2.24) is 9.88 Å². The standard InChI is InChI=1S/C20H24N2O2/c1-15-8-10-16(11-9-15)13-17-5-3-6-18(21-17)19-7-4-12-22(19)20(23)14-24-2/h3,5-6,8-11,19H,4,7,12-14H2,1-2H3.